The summed E-state index contributed by atoms with van der Waals surface area (Å²) in [6.45, 7) is 3.25. The normalized spacial score (nSPS) is 11.0. The van der Waals surface area contributed by atoms with Crippen LogP contribution >= 0.6 is 0 Å². The van der Waals surface area contributed by atoms with Gasteiger partial charge in [-0.05, 0) is 28.3 Å². The molecule has 0 fully saturated rings. The Kier molecular flexibility index (Phi) is 5.38. The topological polar surface area (TPSA) is 43.4 Å². The van der Waals surface area contributed by atoms with E-state index in [1.54, 1.807) is 12.1 Å². The summed E-state index contributed by atoms with van der Waals surface area (Å²) in [7, 11) is -3.75. The molecule has 0 heterocycles. The molecule has 0 radical (unpaired) electrons. The van der Waals surface area contributed by atoms with Gasteiger partial charge in [-0.1, -0.05) is 49.0 Å². The van der Waals surface area contributed by atoms with Crippen molar-refractivity contribution in [1.82, 2.24) is 0 Å². The summed E-state index contributed by atoms with van der Waals surface area (Å²) in [5.74, 6) is 0.313. The van der Waals surface area contributed by atoms with Gasteiger partial charge >= 0.3 is 68.3 Å². The summed E-state index contributed by atoms with van der Waals surface area (Å²) in [6.07, 6.45) is 0. The van der Waals surface area contributed by atoms with Crippen LogP contribution in [0.2, 0.25) is 0 Å². The molecule has 3 nitrogen and oxygen atoms in total. The van der Waals surface area contributed by atoms with Crippen LogP contribution in [0.4, 0.5) is 0 Å². The third-order valence-corrected chi connectivity index (χ3v) is 3.98. The number of benzene rings is 3. The van der Waals surface area contributed by atoms with Gasteiger partial charge in [0.1, 0.15) is 0 Å². The molecule has 0 aromatic heterocycles. The molecule has 0 atom stereocenters. The number of fused-ring (bicyclic) bond motifs is 3. The van der Waals surface area contributed by atoms with E-state index in [1.807, 2.05) is 42.5 Å². The maximum atomic E-state index is 11.5. The Hall–Kier alpha value is -0.525. The minimum absolute atomic E-state index is 0. The fourth-order valence-electron chi connectivity index (χ4n) is 2.24. The zero-order chi connectivity index (χ0) is 14.2. The summed E-state index contributed by atoms with van der Waals surface area (Å²) in [6, 6.07) is 17.1. The van der Waals surface area contributed by atoms with Crippen molar-refractivity contribution < 1.29 is 12.6 Å². The van der Waals surface area contributed by atoms with E-state index in [9.17, 15) is 8.42 Å². The van der Waals surface area contributed by atoms with Crippen molar-refractivity contribution in [3.05, 3.63) is 66.6 Å². The average molecular weight is 371 g/mol. The van der Waals surface area contributed by atoms with E-state index in [4.69, 9.17) is 4.18 Å². The number of hydrogen-bond donors (Lipinski definition) is 0. The zero-order valence-corrected chi connectivity index (χ0v) is 11.4. The predicted octanol–water partition coefficient (Wildman–Crippen LogP) is 3.20. The molecule has 0 saturated carbocycles. The molecule has 0 spiro atoms. The Morgan fingerprint density at radius 2 is 1.57 bits per heavy atom. The van der Waals surface area contributed by atoms with Gasteiger partial charge in [0.2, 0.25) is 0 Å². The molecule has 0 saturated heterocycles. The fraction of sp³-hybridized carbons (Fsp3) is 0. The molecule has 0 unspecified atom stereocenters. The van der Waals surface area contributed by atoms with Crippen LogP contribution in [0, 0.1) is 0 Å². The van der Waals surface area contributed by atoms with Crippen molar-refractivity contribution >= 4 is 89.9 Å². The van der Waals surface area contributed by atoms with Crippen molar-refractivity contribution in [1.29, 1.82) is 0 Å². The van der Waals surface area contributed by atoms with Crippen LogP contribution in [0.3, 0.4) is 0 Å². The molecule has 102 valence electrons. The molecule has 0 aliphatic heterocycles. The van der Waals surface area contributed by atoms with Crippen LogP contribution in [-0.2, 0) is 10.1 Å². The SMILES string of the molecule is C=CS(=O)(=O)Oc1cccc2c1ccc1ccccc12.[RbH]. The quantitative estimate of drug-likeness (QED) is 0.525. The van der Waals surface area contributed by atoms with Crippen LogP contribution in [-0.4, -0.2) is 66.6 Å². The molecular formula is C16H13O3RbS. The zero-order valence-electron chi connectivity index (χ0n) is 10.6. The van der Waals surface area contributed by atoms with Crippen molar-refractivity contribution in [2.75, 3.05) is 0 Å². The van der Waals surface area contributed by atoms with E-state index in [0.717, 1.165) is 27.0 Å². The molecule has 5 heteroatoms. The van der Waals surface area contributed by atoms with Gasteiger partial charge in [-0.3, -0.25) is 0 Å². The maximum absolute atomic E-state index is 11.5. The van der Waals surface area contributed by atoms with Crippen LogP contribution in [0.5, 0.6) is 5.75 Å². The molecule has 0 aliphatic carbocycles. The Bertz CT molecular complexity index is 917. The number of hydrogen-bond acceptors (Lipinski definition) is 3. The summed E-state index contributed by atoms with van der Waals surface area (Å²) in [5.41, 5.74) is 0. The third kappa shape index (κ3) is 3.46. The molecule has 3 rings (SSSR count). The van der Waals surface area contributed by atoms with E-state index >= 15 is 0 Å². The summed E-state index contributed by atoms with van der Waals surface area (Å²) < 4.78 is 28.1. The van der Waals surface area contributed by atoms with Crippen molar-refractivity contribution in [2.45, 2.75) is 0 Å². The Balaban J connectivity index is 0.00000161. The second-order valence-electron chi connectivity index (χ2n) is 4.38. The van der Waals surface area contributed by atoms with Crippen LogP contribution < -0.4 is 4.18 Å². The second-order valence-corrected chi connectivity index (χ2v) is 5.87. The Morgan fingerprint density at radius 1 is 0.857 bits per heavy atom. The van der Waals surface area contributed by atoms with E-state index in [2.05, 4.69) is 6.58 Å². The monoisotopic (exact) mass is 370 g/mol. The summed E-state index contributed by atoms with van der Waals surface area (Å²) in [4.78, 5) is 0. The summed E-state index contributed by atoms with van der Waals surface area (Å²) in [5, 5.41) is 4.68. The van der Waals surface area contributed by atoms with Crippen LogP contribution in [0.25, 0.3) is 21.5 Å². The third-order valence-electron chi connectivity index (χ3n) is 3.16. The van der Waals surface area contributed by atoms with E-state index in [0.29, 0.717) is 5.75 Å². The van der Waals surface area contributed by atoms with E-state index in [1.165, 1.54) is 0 Å². The standard InChI is InChI=1S/C16H12O3S.Rb.H/c1-2-20(17,18)19-16-9-5-8-14-13-7-4-3-6-12(13)10-11-15(14)16;;/h2-11H,1H2;;. The molecule has 21 heavy (non-hydrogen) atoms. The van der Waals surface area contributed by atoms with E-state index < -0.39 is 10.1 Å². The van der Waals surface area contributed by atoms with Gasteiger partial charge in [-0.2, -0.15) is 8.42 Å². The van der Waals surface area contributed by atoms with Gasteiger partial charge in [-0.25, -0.2) is 0 Å². The molecular weight excluding hydrogens is 358 g/mol. The minimum atomic E-state index is -3.75. The predicted molar refractivity (Wildman–Crippen MR) is 88.3 cm³/mol. The molecule has 0 bridgehead atoms. The first-order valence-corrected chi connectivity index (χ1v) is 7.55. The first-order chi connectivity index (χ1) is 9.61. The van der Waals surface area contributed by atoms with Gasteiger partial charge in [0.15, 0.2) is 5.75 Å². The molecule has 0 amide bonds. The van der Waals surface area contributed by atoms with Crippen molar-refractivity contribution in [3.63, 3.8) is 0 Å². The van der Waals surface area contributed by atoms with Gasteiger partial charge in [0, 0.05) is 5.39 Å². The second kappa shape index (κ2) is 6.71. The van der Waals surface area contributed by atoms with Crippen LogP contribution in [0.1, 0.15) is 0 Å². The molecule has 3 aromatic carbocycles. The fourth-order valence-corrected chi connectivity index (χ4v) is 2.71. The molecule has 3 aromatic rings. The van der Waals surface area contributed by atoms with Gasteiger partial charge < -0.3 is 4.18 Å². The van der Waals surface area contributed by atoms with Gasteiger partial charge in [-0.15, -0.1) is 0 Å². The van der Waals surface area contributed by atoms with Crippen molar-refractivity contribution in [2.24, 2.45) is 0 Å². The van der Waals surface area contributed by atoms with Crippen molar-refractivity contribution in [3.8, 4) is 5.75 Å². The summed E-state index contributed by atoms with van der Waals surface area (Å²) >= 11 is 0. The Morgan fingerprint density at radius 3 is 2.33 bits per heavy atom. The first kappa shape index (κ1) is 16.8. The molecule has 0 aliphatic rings. The average Bonchev–Trinajstić information content (AvgIpc) is 2.47. The van der Waals surface area contributed by atoms with Crippen LogP contribution in [0.15, 0.2) is 66.6 Å². The number of rotatable bonds is 3. The molecule has 0 N–H and O–H groups in total. The van der Waals surface area contributed by atoms with Gasteiger partial charge in [0.25, 0.3) is 0 Å². The van der Waals surface area contributed by atoms with Gasteiger partial charge in [0.05, 0.1) is 5.41 Å². The Labute approximate surface area is 172 Å². The first-order valence-electron chi connectivity index (χ1n) is 6.08. The van der Waals surface area contributed by atoms with E-state index in [-0.39, 0.29) is 58.2 Å².